The summed E-state index contributed by atoms with van der Waals surface area (Å²) in [4.78, 5) is 50.6. The smallest absolute Gasteiger partial charge is 0.332 e. The van der Waals surface area contributed by atoms with Gasteiger partial charge in [-0.15, -0.1) is 11.3 Å². The van der Waals surface area contributed by atoms with Crippen LogP contribution in [0.15, 0.2) is 17.4 Å². The fourth-order valence-electron chi connectivity index (χ4n) is 3.29. The molecule has 0 aliphatic carbocycles. The van der Waals surface area contributed by atoms with Gasteiger partial charge in [0.05, 0.1) is 28.6 Å². The number of carbonyl (C=O) groups excluding carboxylic acids is 1. The SMILES string of the molecule is Cc1c(C(=O)N2CCc3[nH]cnc3[C@@H]2C(=O)O)sc2ncn(C)c(=O)c12. The van der Waals surface area contributed by atoms with Crippen LogP contribution in [0.4, 0.5) is 0 Å². The Morgan fingerprint density at radius 1 is 1.38 bits per heavy atom. The Morgan fingerprint density at radius 2 is 2.15 bits per heavy atom. The van der Waals surface area contributed by atoms with Crippen LogP contribution in [0.3, 0.4) is 0 Å². The van der Waals surface area contributed by atoms with E-state index in [2.05, 4.69) is 15.0 Å². The van der Waals surface area contributed by atoms with Crippen LogP contribution in [0.1, 0.15) is 32.7 Å². The number of rotatable bonds is 2. The molecular weight excluding hydrogens is 358 g/mol. The minimum absolute atomic E-state index is 0.231. The molecule has 1 amide bonds. The number of aromatic nitrogens is 4. The summed E-state index contributed by atoms with van der Waals surface area (Å²) >= 11 is 1.11. The fourth-order valence-corrected chi connectivity index (χ4v) is 4.38. The molecule has 0 spiro atoms. The van der Waals surface area contributed by atoms with Crippen LogP contribution in [-0.4, -0.2) is 47.9 Å². The number of nitrogens with zero attached hydrogens (tertiary/aromatic N) is 4. The number of imidazole rings is 1. The molecule has 0 saturated heterocycles. The summed E-state index contributed by atoms with van der Waals surface area (Å²) in [7, 11) is 1.59. The summed E-state index contributed by atoms with van der Waals surface area (Å²) in [5, 5.41) is 10.0. The molecule has 0 unspecified atom stereocenters. The van der Waals surface area contributed by atoms with Gasteiger partial charge in [0.1, 0.15) is 4.83 Å². The molecule has 134 valence electrons. The number of carbonyl (C=O) groups is 2. The molecule has 26 heavy (non-hydrogen) atoms. The van der Waals surface area contributed by atoms with Crippen LogP contribution in [-0.2, 0) is 18.3 Å². The number of aromatic amines is 1. The first-order valence-electron chi connectivity index (χ1n) is 7.90. The van der Waals surface area contributed by atoms with Crippen molar-refractivity contribution in [2.75, 3.05) is 6.54 Å². The van der Waals surface area contributed by atoms with Crippen molar-refractivity contribution in [3.05, 3.63) is 44.8 Å². The molecule has 1 atom stereocenters. The third kappa shape index (κ3) is 2.25. The molecule has 0 saturated carbocycles. The summed E-state index contributed by atoms with van der Waals surface area (Å²) in [5.74, 6) is -1.56. The largest absolute Gasteiger partial charge is 0.479 e. The maximum Gasteiger partial charge on any atom is 0.332 e. The van der Waals surface area contributed by atoms with Gasteiger partial charge in [-0.05, 0) is 12.5 Å². The standard InChI is InChI=1S/C16H15N5O4S/c1-7-9-13(19-6-20(2)14(9)22)26-12(7)15(23)21-4-3-8-10(18-5-17-8)11(21)16(24)25/h5-6,11H,3-4H2,1-2H3,(H,17,18)(H,24,25)/t11-/m1/s1. The number of hydrogen-bond acceptors (Lipinski definition) is 6. The van der Waals surface area contributed by atoms with Gasteiger partial charge in [0.2, 0.25) is 0 Å². The molecule has 1 aliphatic heterocycles. The highest BCUT2D eigenvalue weighted by molar-refractivity contribution is 7.20. The van der Waals surface area contributed by atoms with Gasteiger partial charge in [0.25, 0.3) is 11.5 Å². The Morgan fingerprint density at radius 3 is 2.88 bits per heavy atom. The summed E-state index contributed by atoms with van der Waals surface area (Å²) in [6.07, 6.45) is 3.34. The number of fused-ring (bicyclic) bond motifs is 2. The Labute approximate surface area is 150 Å². The normalized spacial score (nSPS) is 16.7. The van der Waals surface area contributed by atoms with Gasteiger partial charge in [-0.2, -0.15) is 0 Å². The van der Waals surface area contributed by atoms with E-state index in [0.29, 0.717) is 32.8 Å². The van der Waals surface area contributed by atoms with Gasteiger partial charge < -0.3 is 19.6 Å². The Bertz CT molecular complexity index is 1110. The zero-order valence-electron chi connectivity index (χ0n) is 14.0. The van der Waals surface area contributed by atoms with Crippen molar-refractivity contribution in [1.82, 2.24) is 24.4 Å². The lowest BCUT2D eigenvalue weighted by Gasteiger charge is -2.32. The minimum atomic E-state index is -1.15. The fraction of sp³-hybridized carbons (Fsp3) is 0.312. The van der Waals surface area contributed by atoms with E-state index < -0.39 is 17.9 Å². The van der Waals surface area contributed by atoms with E-state index in [1.54, 1.807) is 14.0 Å². The maximum absolute atomic E-state index is 13.1. The lowest BCUT2D eigenvalue weighted by Crippen LogP contribution is -2.43. The summed E-state index contributed by atoms with van der Waals surface area (Å²) < 4.78 is 1.35. The monoisotopic (exact) mass is 373 g/mol. The second-order valence-corrected chi connectivity index (χ2v) is 7.15. The molecule has 4 heterocycles. The molecule has 2 N–H and O–H groups in total. The summed E-state index contributed by atoms with van der Waals surface area (Å²) in [5.41, 5.74) is 1.38. The molecule has 3 aromatic rings. The molecular formula is C16H15N5O4S. The first kappa shape index (κ1) is 16.5. The second kappa shape index (κ2) is 5.77. The Hall–Kier alpha value is -3.01. The number of aliphatic carboxylic acids is 1. The third-order valence-electron chi connectivity index (χ3n) is 4.62. The Balaban J connectivity index is 1.82. The third-order valence-corrected chi connectivity index (χ3v) is 5.81. The first-order valence-corrected chi connectivity index (χ1v) is 8.72. The van der Waals surface area contributed by atoms with Crippen molar-refractivity contribution in [1.29, 1.82) is 0 Å². The number of thiophene rings is 1. The number of carboxylic acids is 1. The van der Waals surface area contributed by atoms with Crippen LogP contribution in [0.2, 0.25) is 0 Å². The quantitative estimate of drug-likeness (QED) is 0.687. The number of hydrogen-bond donors (Lipinski definition) is 2. The highest BCUT2D eigenvalue weighted by Gasteiger charge is 2.39. The molecule has 3 aromatic heterocycles. The predicted molar refractivity (Wildman–Crippen MR) is 93.3 cm³/mol. The zero-order valence-corrected chi connectivity index (χ0v) is 14.8. The van der Waals surface area contributed by atoms with Crippen molar-refractivity contribution < 1.29 is 14.7 Å². The predicted octanol–water partition coefficient (Wildman–Crippen LogP) is 0.851. The van der Waals surface area contributed by atoms with Crippen LogP contribution in [0.25, 0.3) is 10.2 Å². The van der Waals surface area contributed by atoms with Gasteiger partial charge in [-0.25, -0.2) is 14.8 Å². The van der Waals surface area contributed by atoms with Crippen LogP contribution in [0.5, 0.6) is 0 Å². The number of aryl methyl sites for hydroxylation is 2. The van der Waals surface area contributed by atoms with Crippen molar-refractivity contribution in [3.8, 4) is 0 Å². The van der Waals surface area contributed by atoms with E-state index in [0.717, 1.165) is 17.0 Å². The van der Waals surface area contributed by atoms with Gasteiger partial charge in [0.15, 0.2) is 6.04 Å². The highest BCUT2D eigenvalue weighted by Crippen LogP contribution is 2.33. The van der Waals surface area contributed by atoms with Crippen molar-refractivity contribution in [3.63, 3.8) is 0 Å². The van der Waals surface area contributed by atoms with E-state index in [-0.39, 0.29) is 12.1 Å². The molecule has 9 nitrogen and oxygen atoms in total. The lowest BCUT2D eigenvalue weighted by atomic mass is 10.0. The molecule has 0 fully saturated rings. The van der Waals surface area contributed by atoms with Gasteiger partial charge >= 0.3 is 5.97 Å². The van der Waals surface area contributed by atoms with Crippen molar-refractivity contribution >= 4 is 33.4 Å². The molecule has 0 radical (unpaired) electrons. The highest BCUT2D eigenvalue weighted by atomic mass is 32.1. The summed E-state index contributed by atoms with van der Waals surface area (Å²) in [6.45, 7) is 1.94. The van der Waals surface area contributed by atoms with Gasteiger partial charge in [0, 0.05) is 25.7 Å². The maximum atomic E-state index is 13.1. The van der Waals surface area contributed by atoms with E-state index in [4.69, 9.17) is 0 Å². The van der Waals surface area contributed by atoms with Crippen LogP contribution >= 0.6 is 11.3 Å². The van der Waals surface area contributed by atoms with Crippen LogP contribution in [0, 0.1) is 6.92 Å². The minimum Gasteiger partial charge on any atom is -0.479 e. The zero-order chi connectivity index (χ0) is 18.6. The number of carboxylic acid groups (broad SMARTS) is 1. The second-order valence-electron chi connectivity index (χ2n) is 6.15. The number of H-pyrrole nitrogens is 1. The molecule has 0 bridgehead atoms. The lowest BCUT2D eigenvalue weighted by molar-refractivity contribution is -0.143. The average Bonchev–Trinajstić information content (AvgIpc) is 3.21. The van der Waals surface area contributed by atoms with Crippen molar-refractivity contribution in [2.24, 2.45) is 7.05 Å². The molecule has 0 aromatic carbocycles. The van der Waals surface area contributed by atoms with Gasteiger partial charge in [-0.3, -0.25) is 9.59 Å². The van der Waals surface area contributed by atoms with E-state index in [1.165, 1.54) is 22.1 Å². The number of nitrogens with one attached hydrogen (secondary N) is 1. The van der Waals surface area contributed by atoms with Crippen LogP contribution < -0.4 is 5.56 Å². The topological polar surface area (TPSA) is 121 Å². The molecule has 4 rings (SSSR count). The number of amides is 1. The van der Waals surface area contributed by atoms with E-state index in [1.807, 2.05) is 0 Å². The van der Waals surface area contributed by atoms with E-state index in [9.17, 15) is 19.5 Å². The summed E-state index contributed by atoms with van der Waals surface area (Å²) in [6, 6.07) is -1.15. The molecule has 1 aliphatic rings. The van der Waals surface area contributed by atoms with E-state index >= 15 is 0 Å². The molecule has 10 heteroatoms. The first-order chi connectivity index (χ1) is 12.4. The van der Waals surface area contributed by atoms with Gasteiger partial charge in [-0.1, -0.05) is 0 Å². The van der Waals surface area contributed by atoms with Crippen molar-refractivity contribution in [2.45, 2.75) is 19.4 Å². The average molecular weight is 373 g/mol. The Kier molecular flexibility index (Phi) is 3.65.